The molecule has 2 aromatic heterocycles. The fraction of sp³-hybridized carbons (Fsp3) is 0. The zero-order chi connectivity index (χ0) is 17.4. The van der Waals surface area contributed by atoms with E-state index < -0.39 is 10.0 Å². The molecule has 0 aliphatic heterocycles. The van der Waals surface area contributed by atoms with Gasteiger partial charge in [-0.3, -0.25) is 4.72 Å². The molecule has 2 heterocycles. The minimum Gasteiger partial charge on any atom is -0.279 e. The number of aromatic nitrogens is 1. The average molecular weight is 407 g/mol. The Kier molecular flexibility index (Phi) is 4.24. The molecular weight excluding hydrogens is 396 g/mol. The third kappa shape index (κ3) is 3.41. The minimum absolute atomic E-state index is 0.291. The van der Waals surface area contributed by atoms with Crippen LogP contribution in [0.2, 0.25) is 5.02 Å². The lowest BCUT2D eigenvalue weighted by atomic mass is 10.2. The van der Waals surface area contributed by atoms with E-state index in [4.69, 9.17) is 11.6 Å². The number of rotatable bonds is 4. The largest absolute Gasteiger partial charge is 0.279 e. The van der Waals surface area contributed by atoms with E-state index in [0.717, 1.165) is 20.8 Å². The summed E-state index contributed by atoms with van der Waals surface area (Å²) in [6.45, 7) is 0. The van der Waals surface area contributed by atoms with Gasteiger partial charge in [0.15, 0.2) is 0 Å². The van der Waals surface area contributed by atoms with Gasteiger partial charge >= 0.3 is 0 Å². The lowest BCUT2D eigenvalue weighted by molar-refractivity contribution is 0.603. The predicted octanol–water partition coefficient (Wildman–Crippen LogP) is 5.48. The lowest BCUT2D eigenvalue weighted by Crippen LogP contribution is -2.11. The molecule has 0 fully saturated rings. The zero-order valence-corrected chi connectivity index (χ0v) is 15.8. The van der Waals surface area contributed by atoms with E-state index in [1.807, 2.05) is 30.3 Å². The van der Waals surface area contributed by atoms with Crippen LogP contribution in [0.15, 0.2) is 64.2 Å². The fourth-order valence-corrected chi connectivity index (χ4v) is 5.62. The van der Waals surface area contributed by atoms with Crippen LogP contribution in [0.5, 0.6) is 0 Å². The molecule has 0 radical (unpaired) electrons. The molecule has 0 atom stereocenters. The van der Waals surface area contributed by atoms with E-state index in [2.05, 4.69) is 9.71 Å². The first kappa shape index (κ1) is 16.5. The zero-order valence-electron chi connectivity index (χ0n) is 12.6. The maximum atomic E-state index is 12.2. The van der Waals surface area contributed by atoms with Gasteiger partial charge in [-0.25, -0.2) is 13.4 Å². The first-order valence-electron chi connectivity index (χ1n) is 7.24. The summed E-state index contributed by atoms with van der Waals surface area (Å²) in [5, 5.41) is 3.28. The summed E-state index contributed by atoms with van der Waals surface area (Å²) in [5.74, 6) is 0. The van der Waals surface area contributed by atoms with E-state index in [0.29, 0.717) is 14.9 Å². The Hall–Kier alpha value is -1.93. The summed E-state index contributed by atoms with van der Waals surface area (Å²) in [6.07, 6.45) is 0. The van der Waals surface area contributed by atoms with E-state index in [1.165, 1.54) is 11.3 Å². The molecule has 2 aromatic carbocycles. The van der Waals surface area contributed by atoms with Crippen LogP contribution in [-0.2, 0) is 10.0 Å². The molecule has 0 saturated carbocycles. The monoisotopic (exact) mass is 406 g/mol. The van der Waals surface area contributed by atoms with Crippen LogP contribution in [0.3, 0.4) is 0 Å². The van der Waals surface area contributed by atoms with Crippen LogP contribution in [0, 0.1) is 0 Å². The van der Waals surface area contributed by atoms with Gasteiger partial charge in [-0.2, -0.15) is 0 Å². The van der Waals surface area contributed by atoms with Gasteiger partial charge in [0.25, 0.3) is 10.0 Å². The molecule has 0 aliphatic rings. The topological polar surface area (TPSA) is 59.1 Å². The number of benzene rings is 2. The van der Waals surface area contributed by atoms with E-state index in [9.17, 15) is 8.42 Å². The van der Waals surface area contributed by atoms with Crippen molar-refractivity contribution < 1.29 is 8.42 Å². The van der Waals surface area contributed by atoms with Gasteiger partial charge in [0, 0.05) is 16.3 Å². The average Bonchev–Trinajstić information content (AvgIpc) is 3.24. The Bertz CT molecular complexity index is 1130. The maximum absolute atomic E-state index is 12.2. The lowest BCUT2D eigenvalue weighted by Gasteiger charge is -2.06. The van der Waals surface area contributed by atoms with E-state index in [-0.39, 0.29) is 0 Å². The van der Waals surface area contributed by atoms with Gasteiger partial charge in [0.2, 0.25) is 0 Å². The van der Waals surface area contributed by atoms with Crippen molar-refractivity contribution >= 4 is 60.2 Å². The summed E-state index contributed by atoms with van der Waals surface area (Å²) >= 11 is 8.75. The summed E-state index contributed by atoms with van der Waals surface area (Å²) in [7, 11) is -3.53. The molecule has 0 amide bonds. The fourth-order valence-electron chi connectivity index (χ4n) is 2.32. The molecule has 4 nitrogen and oxygen atoms in total. The van der Waals surface area contributed by atoms with Gasteiger partial charge < -0.3 is 0 Å². The molecule has 4 rings (SSSR count). The molecule has 0 unspecified atom stereocenters. The Morgan fingerprint density at radius 1 is 1.04 bits per heavy atom. The van der Waals surface area contributed by atoms with Crippen molar-refractivity contribution in [2.75, 3.05) is 4.72 Å². The number of halogens is 1. The first-order chi connectivity index (χ1) is 12.0. The molecule has 0 bridgehead atoms. The third-order valence-corrected chi connectivity index (χ3v) is 7.58. The summed E-state index contributed by atoms with van der Waals surface area (Å²) in [4.78, 5) is 4.59. The van der Waals surface area contributed by atoms with Crippen LogP contribution in [-0.4, -0.2) is 13.4 Å². The molecule has 4 aromatic rings. The van der Waals surface area contributed by atoms with Crippen molar-refractivity contribution in [2.45, 2.75) is 4.21 Å². The van der Waals surface area contributed by atoms with Crippen LogP contribution in [0.25, 0.3) is 20.8 Å². The van der Waals surface area contributed by atoms with Gasteiger partial charge in [-0.05, 0) is 53.9 Å². The molecule has 25 heavy (non-hydrogen) atoms. The van der Waals surface area contributed by atoms with Crippen LogP contribution >= 0.6 is 34.3 Å². The van der Waals surface area contributed by atoms with Gasteiger partial charge in [0.1, 0.15) is 9.22 Å². The number of thiophene rings is 1. The highest BCUT2D eigenvalue weighted by molar-refractivity contribution is 7.94. The van der Waals surface area contributed by atoms with Gasteiger partial charge in [-0.1, -0.05) is 17.7 Å². The highest BCUT2D eigenvalue weighted by atomic mass is 35.5. The van der Waals surface area contributed by atoms with Crippen molar-refractivity contribution in [3.8, 4) is 10.6 Å². The van der Waals surface area contributed by atoms with Crippen molar-refractivity contribution in [2.24, 2.45) is 0 Å². The Morgan fingerprint density at radius 3 is 2.56 bits per heavy atom. The molecular formula is C17H11ClN2O2S3. The smallest absolute Gasteiger partial charge is 0.271 e. The molecule has 0 saturated heterocycles. The number of sulfonamides is 1. The molecule has 0 aliphatic carbocycles. The molecule has 1 N–H and O–H groups in total. The number of hydrogen-bond acceptors (Lipinski definition) is 5. The number of nitrogens with one attached hydrogen (secondary N) is 1. The summed E-state index contributed by atoms with van der Waals surface area (Å²) in [5.41, 5.74) is 2.34. The van der Waals surface area contributed by atoms with Crippen molar-refractivity contribution in [3.63, 3.8) is 0 Å². The first-order valence-corrected chi connectivity index (χ1v) is 10.8. The number of thiazole rings is 1. The van der Waals surface area contributed by atoms with Crippen molar-refractivity contribution in [1.29, 1.82) is 0 Å². The number of hydrogen-bond donors (Lipinski definition) is 1. The standard InChI is InChI=1S/C17H11ClN2O2S3/c18-12-5-8-14-15(10-12)24-17(19-14)11-3-6-13(7-4-11)20-25(21,22)16-2-1-9-23-16/h1-10,20H. The Morgan fingerprint density at radius 2 is 1.84 bits per heavy atom. The van der Waals surface area contributed by atoms with Crippen LogP contribution < -0.4 is 4.72 Å². The number of anilines is 1. The second-order valence-corrected chi connectivity index (χ2v) is 9.57. The normalized spacial score (nSPS) is 11.7. The molecule has 8 heteroatoms. The Labute approximate surface area is 157 Å². The van der Waals surface area contributed by atoms with Crippen LogP contribution in [0.4, 0.5) is 5.69 Å². The number of fused-ring (bicyclic) bond motifs is 1. The predicted molar refractivity (Wildman–Crippen MR) is 105 cm³/mol. The highest BCUT2D eigenvalue weighted by Crippen LogP contribution is 2.32. The van der Waals surface area contributed by atoms with Crippen molar-refractivity contribution in [1.82, 2.24) is 4.98 Å². The molecule has 0 spiro atoms. The summed E-state index contributed by atoms with van der Waals surface area (Å²) < 4.78 is 28.4. The SMILES string of the molecule is O=S(=O)(Nc1ccc(-c2nc3ccc(Cl)cc3s2)cc1)c1cccs1. The van der Waals surface area contributed by atoms with E-state index in [1.54, 1.807) is 41.0 Å². The Balaban J connectivity index is 1.61. The maximum Gasteiger partial charge on any atom is 0.271 e. The van der Waals surface area contributed by atoms with Gasteiger partial charge in [-0.15, -0.1) is 22.7 Å². The number of nitrogens with zero attached hydrogens (tertiary/aromatic N) is 1. The second kappa shape index (κ2) is 6.42. The van der Waals surface area contributed by atoms with Crippen LogP contribution in [0.1, 0.15) is 0 Å². The second-order valence-electron chi connectivity index (χ2n) is 5.25. The van der Waals surface area contributed by atoms with Crippen molar-refractivity contribution in [3.05, 3.63) is 65.0 Å². The summed E-state index contributed by atoms with van der Waals surface area (Å²) in [6, 6.07) is 16.1. The minimum atomic E-state index is -3.53. The quantitative estimate of drug-likeness (QED) is 0.488. The van der Waals surface area contributed by atoms with E-state index >= 15 is 0 Å². The molecule has 126 valence electrons. The third-order valence-electron chi connectivity index (χ3n) is 3.49. The highest BCUT2D eigenvalue weighted by Gasteiger charge is 2.15. The van der Waals surface area contributed by atoms with Gasteiger partial charge in [0.05, 0.1) is 10.2 Å².